The minimum Gasteiger partial charge on any atom is -0.496 e. The predicted molar refractivity (Wildman–Crippen MR) is 125 cm³/mol. The largest absolute Gasteiger partial charge is 0.496 e. The highest BCUT2D eigenvalue weighted by Gasteiger charge is 2.30. The Morgan fingerprint density at radius 1 is 1.27 bits per heavy atom. The number of piperidine rings is 1. The van der Waals surface area contributed by atoms with Crippen LogP contribution in [0.3, 0.4) is 0 Å². The smallest absolute Gasteiger partial charge is 0.257 e. The van der Waals surface area contributed by atoms with E-state index in [2.05, 4.69) is 15.5 Å². The van der Waals surface area contributed by atoms with Crippen LogP contribution in [0.15, 0.2) is 47.0 Å². The first-order chi connectivity index (χ1) is 16.0. The molecule has 0 spiro atoms. The predicted octanol–water partition coefficient (Wildman–Crippen LogP) is 4.77. The number of ether oxygens (including phenoxy) is 1. The average Bonchev–Trinajstić information content (AvgIpc) is 3.34. The molecular weight excluding hydrogens is 444 g/mol. The summed E-state index contributed by atoms with van der Waals surface area (Å²) in [5.74, 6) is 1.14. The monoisotopic (exact) mass is 468 g/mol. The average molecular weight is 469 g/mol. The van der Waals surface area contributed by atoms with Crippen molar-refractivity contribution in [1.29, 1.82) is 0 Å². The molecule has 0 radical (unpaired) electrons. The molecule has 8 nitrogen and oxygen atoms in total. The molecule has 3 aromatic rings. The molecule has 33 heavy (non-hydrogen) atoms. The lowest BCUT2D eigenvalue weighted by Gasteiger charge is -2.31. The van der Waals surface area contributed by atoms with Crippen molar-refractivity contribution in [3.63, 3.8) is 0 Å². The Balaban J connectivity index is 1.49. The number of rotatable bonds is 6. The van der Waals surface area contributed by atoms with E-state index in [-0.39, 0.29) is 17.7 Å². The van der Waals surface area contributed by atoms with E-state index in [1.54, 1.807) is 30.0 Å². The minimum absolute atomic E-state index is 0.0646. The van der Waals surface area contributed by atoms with E-state index in [1.165, 1.54) is 7.11 Å². The van der Waals surface area contributed by atoms with Crippen LogP contribution in [0.25, 0.3) is 11.4 Å². The molecule has 1 aliphatic heterocycles. The summed E-state index contributed by atoms with van der Waals surface area (Å²) in [5, 5.41) is 7.47. The van der Waals surface area contributed by atoms with Gasteiger partial charge < -0.3 is 19.5 Å². The molecule has 9 heteroatoms. The Labute approximate surface area is 196 Å². The fourth-order valence-electron chi connectivity index (χ4n) is 3.88. The third kappa shape index (κ3) is 5.17. The number of nitrogens with zero attached hydrogens (tertiary/aromatic N) is 3. The Bertz CT molecular complexity index is 1160. The van der Waals surface area contributed by atoms with Crippen LogP contribution in [-0.2, 0) is 4.79 Å². The Morgan fingerprint density at radius 2 is 2.12 bits per heavy atom. The topological polar surface area (TPSA) is 97.6 Å². The third-order valence-electron chi connectivity index (χ3n) is 5.62. The van der Waals surface area contributed by atoms with E-state index < -0.39 is 0 Å². The van der Waals surface area contributed by atoms with Crippen LogP contribution in [0.4, 0.5) is 5.69 Å². The molecule has 1 fully saturated rings. The molecular formula is C24H25ClN4O4. The second-order valence-corrected chi connectivity index (χ2v) is 8.31. The molecule has 1 saturated heterocycles. The molecule has 1 aromatic heterocycles. The lowest BCUT2D eigenvalue weighted by atomic mass is 9.97. The van der Waals surface area contributed by atoms with Crippen molar-refractivity contribution in [1.82, 2.24) is 15.0 Å². The fraction of sp³-hybridized carbons (Fsp3) is 0.333. The van der Waals surface area contributed by atoms with Gasteiger partial charge in [0.05, 0.1) is 18.6 Å². The zero-order chi connectivity index (χ0) is 23.4. The number of hydrogen-bond acceptors (Lipinski definition) is 6. The summed E-state index contributed by atoms with van der Waals surface area (Å²) >= 11 is 6.03. The van der Waals surface area contributed by atoms with E-state index in [9.17, 15) is 9.59 Å². The summed E-state index contributed by atoms with van der Waals surface area (Å²) in [6.07, 6.45) is 2.06. The SMILES string of the molecule is CCC(=O)Nc1cccc(-c2noc(C3CCCN(C(=O)c4ccc(Cl)cc4OC)C3)n2)c1. The van der Waals surface area contributed by atoms with Gasteiger partial charge in [-0.3, -0.25) is 9.59 Å². The molecule has 1 N–H and O–H groups in total. The highest BCUT2D eigenvalue weighted by molar-refractivity contribution is 6.30. The number of amides is 2. The van der Waals surface area contributed by atoms with Crippen molar-refractivity contribution in [2.24, 2.45) is 0 Å². The first kappa shape index (κ1) is 22.8. The van der Waals surface area contributed by atoms with E-state index in [0.29, 0.717) is 53.2 Å². The zero-order valence-electron chi connectivity index (χ0n) is 18.5. The van der Waals surface area contributed by atoms with Gasteiger partial charge in [0.2, 0.25) is 17.6 Å². The summed E-state index contributed by atoms with van der Waals surface area (Å²) in [4.78, 5) is 31.2. The quantitative estimate of drug-likeness (QED) is 0.559. The third-order valence-corrected chi connectivity index (χ3v) is 5.85. The minimum atomic E-state index is -0.118. The van der Waals surface area contributed by atoms with Gasteiger partial charge in [0.15, 0.2) is 0 Å². The van der Waals surface area contributed by atoms with Gasteiger partial charge in [-0.1, -0.05) is 35.8 Å². The van der Waals surface area contributed by atoms with E-state index in [0.717, 1.165) is 18.4 Å². The molecule has 1 unspecified atom stereocenters. The summed E-state index contributed by atoms with van der Waals surface area (Å²) in [6, 6.07) is 12.3. The van der Waals surface area contributed by atoms with Gasteiger partial charge >= 0.3 is 0 Å². The fourth-order valence-corrected chi connectivity index (χ4v) is 4.04. The van der Waals surface area contributed by atoms with Crippen LogP contribution < -0.4 is 10.1 Å². The van der Waals surface area contributed by atoms with E-state index in [4.69, 9.17) is 20.9 Å². The van der Waals surface area contributed by atoms with Gasteiger partial charge in [-0.15, -0.1) is 0 Å². The first-order valence-corrected chi connectivity index (χ1v) is 11.2. The van der Waals surface area contributed by atoms with Gasteiger partial charge in [0.1, 0.15) is 5.75 Å². The Morgan fingerprint density at radius 3 is 2.91 bits per heavy atom. The number of nitrogens with one attached hydrogen (secondary N) is 1. The van der Waals surface area contributed by atoms with Crippen LogP contribution in [0.5, 0.6) is 5.75 Å². The van der Waals surface area contributed by atoms with Crippen molar-refractivity contribution in [2.75, 3.05) is 25.5 Å². The van der Waals surface area contributed by atoms with Crippen LogP contribution >= 0.6 is 11.6 Å². The number of hydrogen-bond donors (Lipinski definition) is 1. The van der Waals surface area contributed by atoms with Crippen LogP contribution in [0.2, 0.25) is 5.02 Å². The summed E-state index contributed by atoms with van der Waals surface area (Å²) in [6.45, 7) is 2.91. The molecule has 4 rings (SSSR count). The normalized spacial score (nSPS) is 15.8. The van der Waals surface area contributed by atoms with Gasteiger partial charge in [-0.05, 0) is 43.2 Å². The van der Waals surface area contributed by atoms with Gasteiger partial charge in [-0.25, -0.2) is 0 Å². The van der Waals surface area contributed by atoms with Crippen molar-refractivity contribution in [3.05, 3.63) is 58.9 Å². The van der Waals surface area contributed by atoms with Gasteiger partial charge in [0.25, 0.3) is 5.91 Å². The van der Waals surface area contributed by atoms with Gasteiger partial charge in [0, 0.05) is 35.8 Å². The number of aromatic nitrogens is 2. The first-order valence-electron chi connectivity index (χ1n) is 10.8. The van der Waals surface area contributed by atoms with Crippen LogP contribution in [0, 0.1) is 0 Å². The number of carbonyl (C=O) groups is 2. The summed E-state index contributed by atoms with van der Waals surface area (Å²) in [7, 11) is 1.52. The zero-order valence-corrected chi connectivity index (χ0v) is 19.3. The van der Waals surface area contributed by atoms with Gasteiger partial charge in [-0.2, -0.15) is 4.98 Å². The molecule has 1 aliphatic rings. The number of benzene rings is 2. The van der Waals surface area contributed by atoms with Crippen molar-refractivity contribution in [3.8, 4) is 17.1 Å². The maximum Gasteiger partial charge on any atom is 0.257 e. The van der Waals surface area contributed by atoms with E-state index in [1.807, 2.05) is 24.3 Å². The molecule has 0 saturated carbocycles. The van der Waals surface area contributed by atoms with Crippen molar-refractivity contribution >= 4 is 29.1 Å². The second kappa shape index (κ2) is 10.0. The molecule has 0 bridgehead atoms. The summed E-state index contributed by atoms with van der Waals surface area (Å²) < 4.78 is 10.9. The molecule has 172 valence electrons. The van der Waals surface area contributed by atoms with Crippen molar-refractivity contribution < 1.29 is 18.8 Å². The molecule has 1 atom stereocenters. The summed E-state index contributed by atoms with van der Waals surface area (Å²) in [5.41, 5.74) is 1.89. The number of carbonyl (C=O) groups excluding carboxylic acids is 2. The number of likely N-dealkylation sites (tertiary alicyclic amines) is 1. The Kier molecular flexibility index (Phi) is 6.93. The molecule has 2 amide bonds. The van der Waals surface area contributed by atoms with Crippen LogP contribution in [0.1, 0.15) is 48.4 Å². The molecule has 2 heterocycles. The van der Waals surface area contributed by atoms with Crippen molar-refractivity contribution in [2.45, 2.75) is 32.1 Å². The van der Waals surface area contributed by atoms with E-state index >= 15 is 0 Å². The second-order valence-electron chi connectivity index (χ2n) is 7.87. The number of anilines is 1. The number of halogens is 1. The lowest BCUT2D eigenvalue weighted by Crippen LogP contribution is -2.39. The standard InChI is InChI=1S/C24H25ClN4O4/c1-3-21(30)26-18-8-4-6-15(12-18)22-27-23(33-28-22)16-7-5-11-29(14-16)24(31)19-10-9-17(25)13-20(19)32-2/h4,6,8-10,12-13,16H,3,5,7,11,14H2,1-2H3,(H,26,30). The highest BCUT2D eigenvalue weighted by Crippen LogP contribution is 2.31. The maximum atomic E-state index is 13.1. The molecule has 0 aliphatic carbocycles. The maximum absolute atomic E-state index is 13.1. The highest BCUT2D eigenvalue weighted by atomic mass is 35.5. The molecule has 2 aromatic carbocycles. The lowest BCUT2D eigenvalue weighted by molar-refractivity contribution is -0.115. The Hall–Kier alpha value is -3.39. The number of methoxy groups -OCH3 is 1. The van der Waals surface area contributed by atoms with Crippen LogP contribution in [-0.4, -0.2) is 47.1 Å².